The van der Waals surface area contributed by atoms with E-state index in [1.54, 1.807) is 17.0 Å². The van der Waals surface area contributed by atoms with E-state index in [0.717, 1.165) is 31.2 Å². The van der Waals surface area contributed by atoms with Gasteiger partial charge in [-0.1, -0.05) is 12.1 Å². The number of hydrogen-bond donors (Lipinski definition) is 2. The van der Waals surface area contributed by atoms with Crippen LogP contribution in [0.3, 0.4) is 0 Å². The lowest BCUT2D eigenvalue weighted by Crippen LogP contribution is -2.70. The number of hydrogen-bond acceptors (Lipinski definition) is 3. The molecule has 1 aromatic carbocycles. The molecule has 1 aromatic rings. The van der Waals surface area contributed by atoms with E-state index in [1.165, 1.54) is 12.1 Å². The van der Waals surface area contributed by atoms with Crippen LogP contribution in [0.5, 0.6) is 0 Å². The lowest BCUT2D eigenvalue weighted by molar-refractivity contribution is -0.203. The lowest BCUT2D eigenvalue weighted by atomic mass is 9.40. The fourth-order valence-corrected chi connectivity index (χ4v) is 6.68. The Hall–Kier alpha value is -1.46. The number of likely N-dealkylation sites (tertiary alicyclic amines) is 1. The molecule has 0 unspecified atom stereocenters. The highest BCUT2D eigenvalue weighted by atomic mass is 19.1. The maximum absolute atomic E-state index is 13.7. The van der Waals surface area contributed by atoms with Crippen molar-refractivity contribution in [1.29, 1.82) is 0 Å². The zero-order chi connectivity index (χ0) is 18.3. The van der Waals surface area contributed by atoms with Crippen molar-refractivity contribution in [3.8, 4) is 0 Å². The third kappa shape index (κ3) is 1.99. The van der Waals surface area contributed by atoms with Gasteiger partial charge in [0.05, 0.1) is 17.1 Å². The molecule has 0 spiro atoms. The third-order valence-electron chi connectivity index (χ3n) is 8.04. The van der Waals surface area contributed by atoms with E-state index in [1.807, 2.05) is 6.92 Å². The number of aliphatic hydroxyl groups excluding tert-OH is 1. The minimum atomic E-state index is -0.628. The predicted octanol–water partition coefficient (Wildman–Crippen LogP) is 2.08. The van der Waals surface area contributed by atoms with E-state index in [0.29, 0.717) is 13.1 Å². The summed E-state index contributed by atoms with van der Waals surface area (Å²) >= 11 is 0. The fourth-order valence-electron chi connectivity index (χ4n) is 6.68. The van der Waals surface area contributed by atoms with E-state index in [4.69, 9.17) is 0 Å². The normalized spacial score (nSPS) is 44.2. The van der Waals surface area contributed by atoms with Gasteiger partial charge in [0.2, 0.25) is 5.91 Å². The van der Waals surface area contributed by atoms with Crippen LogP contribution in [0.2, 0.25) is 0 Å². The minimum absolute atomic E-state index is 0.0999. The summed E-state index contributed by atoms with van der Waals surface area (Å²) in [5.74, 6) is 0.661. The molecule has 1 heterocycles. The second-order valence-corrected chi connectivity index (χ2v) is 9.20. The maximum atomic E-state index is 13.7. The van der Waals surface area contributed by atoms with E-state index in [2.05, 4.69) is 0 Å². The number of benzene rings is 1. The average Bonchev–Trinajstić information content (AvgIpc) is 2.56. The summed E-state index contributed by atoms with van der Waals surface area (Å²) in [6.07, 6.45) is 2.96. The van der Waals surface area contributed by atoms with Crippen LogP contribution < -0.4 is 0 Å². The van der Waals surface area contributed by atoms with Crippen molar-refractivity contribution < 1.29 is 19.4 Å². The van der Waals surface area contributed by atoms with Gasteiger partial charge < -0.3 is 15.1 Å². The Morgan fingerprint density at radius 1 is 1.04 bits per heavy atom. The van der Waals surface area contributed by atoms with Crippen molar-refractivity contribution >= 4 is 5.91 Å². The largest absolute Gasteiger partial charge is 0.390 e. The van der Waals surface area contributed by atoms with Crippen molar-refractivity contribution in [2.45, 2.75) is 49.7 Å². The molecule has 26 heavy (non-hydrogen) atoms. The molecular formula is C21H26FNO3. The maximum Gasteiger partial charge on any atom is 0.233 e. The molecule has 140 valence electrons. The van der Waals surface area contributed by atoms with Gasteiger partial charge in [-0.25, -0.2) is 4.39 Å². The number of amides is 1. The van der Waals surface area contributed by atoms with Gasteiger partial charge in [0, 0.05) is 13.1 Å². The molecule has 5 fully saturated rings. The number of carbonyl (C=O) groups is 1. The lowest BCUT2D eigenvalue weighted by Gasteiger charge is -2.66. The molecule has 4 aliphatic carbocycles. The SMILES string of the molecule is CC1(O)C2CC3CC1CC(C2)C3(C(=O)N1CC(O)C1)c1ccc(F)cc1. The van der Waals surface area contributed by atoms with Gasteiger partial charge in [-0.2, -0.15) is 0 Å². The predicted molar refractivity (Wildman–Crippen MR) is 93.7 cm³/mol. The van der Waals surface area contributed by atoms with Crippen LogP contribution in [0.25, 0.3) is 0 Å². The van der Waals surface area contributed by atoms with Crippen LogP contribution in [0.1, 0.15) is 38.2 Å². The number of β-amino-alcohol motifs (C(OH)–C–C–N with tert-alkyl or cyclic N) is 1. The molecule has 1 saturated heterocycles. The fraction of sp³-hybridized carbons (Fsp3) is 0.667. The molecule has 4 saturated carbocycles. The molecule has 6 rings (SSSR count). The Balaban J connectivity index is 1.60. The van der Waals surface area contributed by atoms with Crippen LogP contribution in [0.15, 0.2) is 24.3 Å². The Morgan fingerprint density at radius 2 is 1.54 bits per heavy atom. The first-order valence-corrected chi connectivity index (χ1v) is 9.79. The minimum Gasteiger partial charge on any atom is -0.390 e. The van der Waals surface area contributed by atoms with Gasteiger partial charge in [-0.15, -0.1) is 0 Å². The van der Waals surface area contributed by atoms with Crippen LogP contribution in [0, 0.1) is 29.5 Å². The Bertz CT molecular complexity index is 706. The molecule has 5 heteroatoms. The molecule has 1 aliphatic heterocycles. The van der Waals surface area contributed by atoms with Crippen LogP contribution in [-0.4, -0.2) is 45.8 Å². The quantitative estimate of drug-likeness (QED) is 0.850. The highest BCUT2D eigenvalue weighted by Gasteiger charge is 2.67. The monoisotopic (exact) mass is 359 g/mol. The smallest absolute Gasteiger partial charge is 0.233 e. The van der Waals surface area contributed by atoms with Gasteiger partial charge >= 0.3 is 0 Å². The van der Waals surface area contributed by atoms with Crippen molar-refractivity contribution in [3.05, 3.63) is 35.6 Å². The highest BCUT2D eigenvalue weighted by Crippen LogP contribution is 2.66. The Labute approximate surface area is 153 Å². The van der Waals surface area contributed by atoms with Crippen molar-refractivity contribution in [1.82, 2.24) is 4.90 Å². The molecule has 0 atom stereocenters. The molecule has 2 N–H and O–H groups in total. The van der Waals surface area contributed by atoms with Crippen molar-refractivity contribution in [2.24, 2.45) is 23.7 Å². The molecule has 4 nitrogen and oxygen atoms in total. The molecule has 0 aromatic heterocycles. The number of rotatable bonds is 2. The first-order chi connectivity index (χ1) is 12.3. The highest BCUT2D eigenvalue weighted by molar-refractivity contribution is 5.90. The van der Waals surface area contributed by atoms with Crippen molar-refractivity contribution in [3.63, 3.8) is 0 Å². The van der Waals surface area contributed by atoms with Gasteiger partial charge in [0.1, 0.15) is 5.82 Å². The standard InChI is InChI=1S/C21H26FNO3/c1-20(26)13-6-15-8-14(20)9-16(7-13)21(15,12-2-4-17(22)5-3-12)19(25)23-10-18(24)11-23/h2-5,13-16,18,24,26H,6-11H2,1H3. The summed E-state index contributed by atoms with van der Waals surface area (Å²) in [5.41, 5.74) is -0.339. The zero-order valence-corrected chi connectivity index (χ0v) is 15.1. The zero-order valence-electron chi connectivity index (χ0n) is 15.1. The molecule has 4 bridgehead atoms. The van der Waals surface area contributed by atoms with Crippen molar-refractivity contribution in [2.75, 3.05) is 13.1 Å². The van der Waals surface area contributed by atoms with Crippen LogP contribution >= 0.6 is 0 Å². The topological polar surface area (TPSA) is 60.8 Å². The first kappa shape index (κ1) is 16.7. The summed E-state index contributed by atoms with van der Waals surface area (Å²) in [4.78, 5) is 15.5. The van der Waals surface area contributed by atoms with Gasteiger partial charge in [0.25, 0.3) is 0 Å². The summed E-state index contributed by atoms with van der Waals surface area (Å²) < 4.78 is 13.6. The van der Waals surface area contributed by atoms with Crippen LogP contribution in [0.4, 0.5) is 4.39 Å². The average molecular weight is 359 g/mol. The Kier molecular flexibility index (Phi) is 3.40. The van der Waals surface area contributed by atoms with E-state index < -0.39 is 17.1 Å². The van der Waals surface area contributed by atoms with E-state index >= 15 is 0 Å². The Morgan fingerprint density at radius 3 is 2.00 bits per heavy atom. The molecule has 5 aliphatic rings. The number of nitrogens with zero attached hydrogens (tertiary/aromatic N) is 1. The third-order valence-corrected chi connectivity index (χ3v) is 8.04. The number of carbonyl (C=O) groups excluding carboxylic acids is 1. The number of aliphatic hydroxyl groups is 2. The molecule has 1 amide bonds. The summed E-state index contributed by atoms with van der Waals surface area (Å²) in [7, 11) is 0. The summed E-state index contributed by atoms with van der Waals surface area (Å²) in [6, 6.07) is 6.47. The van der Waals surface area contributed by atoms with Crippen LogP contribution in [-0.2, 0) is 10.2 Å². The second-order valence-electron chi connectivity index (χ2n) is 9.20. The number of halogens is 1. The van der Waals surface area contributed by atoms with Gasteiger partial charge in [0.15, 0.2) is 0 Å². The van der Waals surface area contributed by atoms with E-state index in [-0.39, 0.29) is 35.4 Å². The summed E-state index contributed by atoms with van der Waals surface area (Å²) in [6.45, 7) is 2.75. The first-order valence-electron chi connectivity index (χ1n) is 9.79. The molecular weight excluding hydrogens is 333 g/mol. The summed E-state index contributed by atoms with van der Waals surface area (Å²) in [5, 5.41) is 20.6. The van der Waals surface area contributed by atoms with E-state index in [9.17, 15) is 19.4 Å². The van der Waals surface area contributed by atoms with Gasteiger partial charge in [-0.3, -0.25) is 4.79 Å². The van der Waals surface area contributed by atoms with Gasteiger partial charge in [-0.05, 0) is 74.0 Å². The molecule has 0 radical (unpaired) electrons. The second kappa shape index (κ2) is 5.29.